The molecule has 0 aliphatic heterocycles. The lowest BCUT2D eigenvalue weighted by molar-refractivity contribution is 0.232. The number of hydrogen-bond donors (Lipinski definition) is 2. The lowest BCUT2D eigenvalue weighted by Gasteiger charge is -2.12. The lowest BCUT2D eigenvalue weighted by Crippen LogP contribution is -2.36. The summed E-state index contributed by atoms with van der Waals surface area (Å²) in [5.74, 6) is 1.46. The third-order valence-corrected chi connectivity index (χ3v) is 3.69. The van der Waals surface area contributed by atoms with E-state index in [1.54, 1.807) is 11.3 Å². The maximum absolute atomic E-state index is 5.55. The highest BCUT2D eigenvalue weighted by Crippen LogP contribution is 2.09. The number of nitrogens with one attached hydrogen (secondary N) is 2. The molecule has 2 aromatic heterocycles. The molecule has 124 valence electrons. The Kier molecular flexibility index (Phi) is 6.87. The van der Waals surface area contributed by atoms with Crippen LogP contribution in [0.1, 0.15) is 31.9 Å². The van der Waals surface area contributed by atoms with E-state index in [1.165, 1.54) is 5.56 Å². The number of aromatic nitrogens is 1. The first-order valence-corrected chi connectivity index (χ1v) is 8.76. The summed E-state index contributed by atoms with van der Waals surface area (Å²) in [6.45, 7) is 8.21. The first-order chi connectivity index (χ1) is 11.2. The first-order valence-electron chi connectivity index (χ1n) is 7.82. The van der Waals surface area contributed by atoms with Crippen LogP contribution in [0.2, 0.25) is 0 Å². The number of hydrogen-bond acceptors (Lipinski definition) is 4. The number of guanidine groups is 1. The topological polar surface area (TPSA) is 58.5 Å². The van der Waals surface area contributed by atoms with Gasteiger partial charge in [-0.1, -0.05) is 6.07 Å². The molecular formula is C17H24N4OS. The molecule has 0 unspecified atom stereocenters. The smallest absolute Gasteiger partial charge is 0.213 e. The van der Waals surface area contributed by atoms with E-state index in [2.05, 4.69) is 44.4 Å². The molecule has 2 rings (SSSR count). The molecule has 0 aliphatic rings. The van der Waals surface area contributed by atoms with Crippen LogP contribution in [-0.4, -0.2) is 23.6 Å². The van der Waals surface area contributed by atoms with Crippen LogP contribution >= 0.6 is 11.3 Å². The van der Waals surface area contributed by atoms with Crippen molar-refractivity contribution in [1.82, 2.24) is 15.6 Å². The summed E-state index contributed by atoms with van der Waals surface area (Å²) in [6.07, 6.45) is 1.96. The molecule has 0 saturated carbocycles. The molecular weight excluding hydrogens is 308 g/mol. The number of thiophene rings is 1. The maximum Gasteiger partial charge on any atom is 0.213 e. The Balaban J connectivity index is 1.89. The summed E-state index contributed by atoms with van der Waals surface area (Å²) < 4.78 is 5.55. The maximum atomic E-state index is 5.55. The number of rotatable bonds is 7. The predicted molar refractivity (Wildman–Crippen MR) is 96.0 cm³/mol. The molecule has 0 bridgehead atoms. The summed E-state index contributed by atoms with van der Waals surface area (Å²) in [5.41, 5.74) is 2.31. The van der Waals surface area contributed by atoms with Crippen molar-refractivity contribution >= 4 is 17.3 Å². The zero-order valence-corrected chi connectivity index (χ0v) is 14.7. The molecule has 6 heteroatoms. The van der Waals surface area contributed by atoms with Crippen molar-refractivity contribution in [2.24, 2.45) is 4.99 Å². The van der Waals surface area contributed by atoms with Crippen LogP contribution in [0.5, 0.6) is 5.88 Å². The van der Waals surface area contributed by atoms with Crippen molar-refractivity contribution in [2.45, 2.75) is 40.0 Å². The SMILES string of the molecule is CCNC(=NCc1ccsc1)NCc1ccc(OC(C)C)nc1. The fourth-order valence-electron chi connectivity index (χ4n) is 1.91. The Bertz CT molecular complexity index is 594. The molecule has 0 spiro atoms. The van der Waals surface area contributed by atoms with Gasteiger partial charge in [-0.2, -0.15) is 11.3 Å². The van der Waals surface area contributed by atoms with Gasteiger partial charge in [0.1, 0.15) is 0 Å². The van der Waals surface area contributed by atoms with E-state index >= 15 is 0 Å². The fourth-order valence-corrected chi connectivity index (χ4v) is 2.57. The zero-order valence-electron chi connectivity index (χ0n) is 13.9. The van der Waals surface area contributed by atoms with Gasteiger partial charge in [0.25, 0.3) is 0 Å². The van der Waals surface area contributed by atoms with Crippen molar-refractivity contribution in [2.75, 3.05) is 6.54 Å². The monoisotopic (exact) mass is 332 g/mol. The van der Waals surface area contributed by atoms with Gasteiger partial charge >= 0.3 is 0 Å². The lowest BCUT2D eigenvalue weighted by atomic mass is 10.3. The fraction of sp³-hybridized carbons (Fsp3) is 0.412. The van der Waals surface area contributed by atoms with Crippen LogP contribution in [-0.2, 0) is 13.1 Å². The molecule has 2 aromatic rings. The number of ether oxygens (including phenoxy) is 1. The van der Waals surface area contributed by atoms with Crippen LogP contribution in [0.15, 0.2) is 40.1 Å². The van der Waals surface area contributed by atoms with Crippen molar-refractivity contribution in [3.8, 4) is 5.88 Å². The van der Waals surface area contributed by atoms with Crippen LogP contribution in [0.4, 0.5) is 0 Å². The van der Waals surface area contributed by atoms with E-state index in [0.717, 1.165) is 18.1 Å². The van der Waals surface area contributed by atoms with Gasteiger partial charge in [0.2, 0.25) is 5.88 Å². The van der Waals surface area contributed by atoms with Gasteiger partial charge in [-0.25, -0.2) is 9.98 Å². The molecule has 0 saturated heterocycles. The summed E-state index contributed by atoms with van der Waals surface area (Å²) in [4.78, 5) is 8.89. The van der Waals surface area contributed by atoms with E-state index in [0.29, 0.717) is 19.0 Å². The Labute approximate surface area is 141 Å². The first kappa shape index (κ1) is 17.3. The van der Waals surface area contributed by atoms with Gasteiger partial charge in [-0.3, -0.25) is 0 Å². The summed E-state index contributed by atoms with van der Waals surface area (Å²) in [5, 5.41) is 10.8. The number of pyridine rings is 1. The van der Waals surface area contributed by atoms with E-state index in [4.69, 9.17) is 4.74 Å². The number of aliphatic imine (C=N–C) groups is 1. The molecule has 2 N–H and O–H groups in total. The minimum Gasteiger partial charge on any atom is -0.475 e. The molecule has 0 radical (unpaired) electrons. The van der Waals surface area contributed by atoms with Crippen molar-refractivity contribution in [3.63, 3.8) is 0 Å². The minimum absolute atomic E-state index is 0.135. The van der Waals surface area contributed by atoms with E-state index < -0.39 is 0 Å². The Morgan fingerprint density at radius 3 is 2.74 bits per heavy atom. The number of nitrogens with zero attached hydrogens (tertiary/aromatic N) is 2. The normalized spacial score (nSPS) is 11.6. The highest BCUT2D eigenvalue weighted by atomic mass is 32.1. The third-order valence-electron chi connectivity index (χ3n) is 2.96. The molecule has 0 atom stereocenters. The Morgan fingerprint density at radius 1 is 1.26 bits per heavy atom. The van der Waals surface area contributed by atoms with E-state index in [9.17, 15) is 0 Å². The van der Waals surface area contributed by atoms with Crippen LogP contribution in [0, 0.1) is 0 Å². The molecule has 0 fully saturated rings. The minimum atomic E-state index is 0.135. The van der Waals surface area contributed by atoms with Gasteiger partial charge < -0.3 is 15.4 Å². The second kappa shape index (κ2) is 9.15. The van der Waals surface area contributed by atoms with Gasteiger partial charge in [0, 0.05) is 25.4 Å². The van der Waals surface area contributed by atoms with Crippen molar-refractivity contribution < 1.29 is 4.74 Å². The molecule has 2 heterocycles. The van der Waals surface area contributed by atoms with E-state index in [-0.39, 0.29) is 6.10 Å². The average Bonchev–Trinajstić information content (AvgIpc) is 3.04. The largest absolute Gasteiger partial charge is 0.475 e. The summed E-state index contributed by atoms with van der Waals surface area (Å²) in [6, 6.07) is 6.00. The van der Waals surface area contributed by atoms with E-state index in [1.807, 2.05) is 32.2 Å². The third kappa shape index (κ3) is 6.28. The van der Waals surface area contributed by atoms with Crippen LogP contribution in [0.3, 0.4) is 0 Å². The average molecular weight is 332 g/mol. The molecule has 0 aliphatic carbocycles. The molecule has 23 heavy (non-hydrogen) atoms. The van der Waals surface area contributed by atoms with Crippen LogP contribution < -0.4 is 15.4 Å². The Morgan fingerprint density at radius 2 is 2.13 bits per heavy atom. The molecule has 5 nitrogen and oxygen atoms in total. The zero-order chi connectivity index (χ0) is 16.5. The predicted octanol–water partition coefficient (Wildman–Crippen LogP) is 3.19. The quantitative estimate of drug-likeness (QED) is 0.604. The molecule has 0 aromatic carbocycles. The molecule has 0 amide bonds. The van der Waals surface area contributed by atoms with Gasteiger partial charge in [-0.15, -0.1) is 0 Å². The van der Waals surface area contributed by atoms with Crippen LogP contribution in [0.25, 0.3) is 0 Å². The van der Waals surface area contributed by atoms with Crippen molar-refractivity contribution in [1.29, 1.82) is 0 Å². The van der Waals surface area contributed by atoms with Gasteiger partial charge in [-0.05, 0) is 48.7 Å². The second-order valence-electron chi connectivity index (χ2n) is 5.35. The van der Waals surface area contributed by atoms with Crippen molar-refractivity contribution in [3.05, 3.63) is 46.3 Å². The summed E-state index contributed by atoms with van der Waals surface area (Å²) >= 11 is 1.69. The standard InChI is InChI=1S/C17H24N4OS/c1-4-18-17(21-11-15-7-8-23-12-15)20-10-14-5-6-16(19-9-14)22-13(2)3/h5-9,12-13H,4,10-11H2,1-3H3,(H2,18,20,21). The van der Waals surface area contributed by atoms with Gasteiger partial charge in [0.05, 0.1) is 12.6 Å². The Hall–Kier alpha value is -2.08. The highest BCUT2D eigenvalue weighted by Gasteiger charge is 2.02. The van der Waals surface area contributed by atoms with Gasteiger partial charge in [0.15, 0.2) is 5.96 Å². The summed E-state index contributed by atoms with van der Waals surface area (Å²) in [7, 11) is 0. The second-order valence-corrected chi connectivity index (χ2v) is 6.13. The highest BCUT2D eigenvalue weighted by molar-refractivity contribution is 7.07.